The number of benzene rings is 2. The predicted molar refractivity (Wildman–Crippen MR) is 103 cm³/mol. The standard InChI is InChI=1S/C21H24FN3O/c1-14-12-21(2,3)25(4)19-10-9-15(11-17(14)19)13-23-24-20(26)16-7-5-6-8-18(16)22/h5-11,13-14H,12H2,1-4H3,(H,24,26)/b23-13-/t14-/m1/s1. The van der Waals surface area contributed by atoms with Gasteiger partial charge in [-0.2, -0.15) is 5.10 Å². The molecular weight excluding hydrogens is 329 g/mol. The fraction of sp³-hybridized carbons (Fsp3) is 0.333. The topological polar surface area (TPSA) is 44.7 Å². The van der Waals surface area contributed by atoms with E-state index in [0.717, 1.165) is 12.0 Å². The van der Waals surface area contributed by atoms with Crippen molar-refractivity contribution in [2.75, 3.05) is 11.9 Å². The molecule has 4 nitrogen and oxygen atoms in total. The molecule has 0 unspecified atom stereocenters. The Morgan fingerprint density at radius 2 is 2.04 bits per heavy atom. The van der Waals surface area contributed by atoms with E-state index in [1.54, 1.807) is 18.3 Å². The van der Waals surface area contributed by atoms with E-state index in [2.05, 4.69) is 55.4 Å². The Hall–Kier alpha value is -2.69. The van der Waals surface area contributed by atoms with Crippen molar-refractivity contribution in [3.05, 3.63) is 65.0 Å². The first-order valence-corrected chi connectivity index (χ1v) is 8.75. The molecule has 0 saturated carbocycles. The maximum Gasteiger partial charge on any atom is 0.274 e. The number of hydrogen-bond acceptors (Lipinski definition) is 3. The lowest BCUT2D eigenvalue weighted by atomic mass is 9.80. The number of hydrazone groups is 1. The molecule has 0 aromatic heterocycles. The summed E-state index contributed by atoms with van der Waals surface area (Å²) in [5.74, 6) is -0.682. The molecule has 1 atom stereocenters. The molecule has 0 fully saturated rings. The summed E-state index contributed by atoms with van der Waals surface area (Å²) in [5, 5.41) is 3.98. The van der Waals surface area contributed by atoms with E-state index in [0.29, 0.717) is 5.92 Å². The minimum Gasteiger partial charge on any atom is -0.369 e. The van der Waals surface area contributed by atoms with E-state index in [1.807, 2.05) is 6.07 Å². The second-order valence-corrected chi connectivity index (χ2v) is 7.47. The molecule has 2 aromatic rings. The van der Waals surface area contributed by atoms with Gasteiger partial charge in [0.15, 0.2) is 0 Å². The van der Waals surface area contributed by atoms with Crippen LogP contribution in [0.3, 0.4) is 0 Å². The summed E-state index contributed by atoms with van der Waals surface area (Å²) in [5.41, 5.74) is 5.88. The van der Waals surface area contributed by atoms with Gasteiger partial charge in [0.25, 0.3) is 5.91 Å². The fourth-order valence-corrected chi connectivity index (χ4v) is 3.55. The average Bonchev–Trinajstić information content (AvgIpc) is 2.60. The first kappa shape index (κ1) is 18.1. The Kier molecular flexibility index (Phi) is 4.81. The molecular formula is C21H24FN3O. The molecule has 5 heteroatoms. The van der Waals surface area contributed by atoms with Crippen LogP contribution in [-0.4, -0.2) is 24.7 Å². The third-order valence-corrected chi connectivity index (χ3v) is 5.16. The Morgan fingerprint density at radius 1 is 1.31 bits per heavy atom. The zero-order valence-electron chi connectivity index (χ0n) is 15.6. The van der Waals surface area contributed by atoms with Gasteiger partial charge in [-0.25, -0.2) is 9.82 Å². The van der Waals surface area contributed by atoms with Gasteiger partial charge in [0.05, 0.1) is 11.8 Å². The van der Waals surface area contributed by atoms with Crippen LogP contribution >= 0.6 is 0 Å². The van der Waals surface area contributed by atoms with Gasteiger partial charge in [-0.05, 0) is 61.6 Å². The minimum absolute atomic E-state index is 0.0208. The van der Waals surface area contributed by atoms with Crippen molar-refractivity contribution in [2.45, 2.75) is 38.6 Å². The van der Waals surface area contributed by atoms with E-state index in [9.17, 15) is 9.18 Å². The number of amides is 1. The van der Waals surface area contributed by atoms with Crippen molar-refractivity contribution in [1.82, 2.24) is 5.43 Å². The summed E-state index contributed by atoms with van der Waals surface area (Å²) in [4.78, 5) is 14.3. The summed E-state index contributed by atoms with van der Waals surface area (Å²) in [6.07, 6.45) is 2.66. The first-order chi connectivity index (χ1) is 12.3. The monoisotopic (exact) mass is 353 g/mol. The Morgan fingerprint density at radius 3 is 2.77 bits per heavy atom. The summed E-state index contributed by atoms with van der Waals surface area (Å²) in [7, 11) is 2.12. The molecule has 1 aliphatic heterocycles. The maximum absolute atomic E-state index is 13.6. The minimum atomic E-state index is -0.563. The normalized spacial score (nSPS) is 18.7. The van der Waals surface area contributed by atoms with Crippen LogP contribution in [-0.2, 0) is 0 Å². The van der Waals surface area contributed by atoms with Crippen LogP contribution in [0.1, 0.15) is 54.6 Å². The van der Waals surface area contributed by atoms with E-state index < -0.39 is 11.7 Å². The molecule has 2 aromatic carbocycles. The number of halogens is 1. The van der Waals surface area contributed by atoms with E-state index in [4.69, 9.17) is 0 Å². The molecule has 0 spiro atoms. The fourth-order valence-electron chi connectivity index (χ4n) is 3.55. The first-order valence-electron chi connectivity index (χ1n) is 8.75. The van der Waals surface area contributed by atoms with Crippen LogP contribution in [0.25, 0.3) is 0 Å². The van der Waals surface area contributed by atoms with Crippen LogP contribution in [0.4, 0.5) is 10.1 Å². The highest BCUT2D eigenvalue weighted by Gasteiger charge is 2.33. The van der Waals surface area contributed by atoms with Crippen molar-refractivity contribution >= 4 is 17.8 Å². The summed E-state index contributed by atoms with van der Waals surface area (Å²) < 4.78 is 13.6. The summed E-state index contributed by atoms with van der Waals surface area (Å²) in [6, 6.07) is 12.0. The van der Waals surface area contributed by atoms with Crippen LogP contribution in [0, 0.1) is 5.82 Å². The van der Waals surface area contributed by atoms with Gasteiger partial charge in [-0.3, -0.25) is 4.79 Å². The number of carbonyl (C=O) groups excluding carboxylic acids is 1. The molecule has 0 bridgehead atoms. The third kappa shape index (κ3) is 3.47. The van der Waals surface area contributed by atoms with Gasteiger partial charge >= 0.3 is 0 Å². The van der Waals surface area contributed by atoms with Gasteiger partial charge in [-0.1, -0.05) is 25.1 Å². The van der Waals surface area contributed by atoms with Crippen molar-refractivity contribution in [1.29, 1.82) is 0 Å². The molecule has 136 valence electrons. The zero-order valence-corrected chi connectivity index (χ0v) is 15.6. The predicted octanol–water partition coefficient (Wildman–Crippen LogP) is 4.31. The molecule has 1 N–H and O–H groups in total. The summed E-state index contributed by atoms with van der Waals surface area (Å²) >= 11 is 0. The van der Waals surface area contributed by atoms with Crippen molar-refractivity contribution in [3.8, 4) is 0 Å². The van der Waals surface area contributed by atoms with Gasteiger partial charge in [0, 0.05) is 18.3 Å². The maximum atomic E-state index is 13.6. The lowest BCUT2D eigenvalue weighted by Gasteiger charge is -2.45. The number of anilines is 1. The molecule has 26 heavy (non-hydrogen) atoms. The number of fused-ring (bicyclic) bond motifs is 1. The molecule has 0 radical (unpaired) electrons. The largest absolute Gasteiger partial charge is 0.369 e. The summed E-state index contributed by atoms with van der Waals surface area (Å²) in [6.45, 7) is 6.73. The van der Waals surface area contributed by atoms with Crippen LogP contribution in [0.2, 0.25) is 0 Å². The highest BCUT2D eigenvalue weighted by Crippen LogP contribution is 2.42. The molecule has 3 rings (SSSR count). The van der Waals surface area contributed by atoms with Crippen molar-refractivity contribution in [3.63, 3.8) is 0 Å². The van der Waals surface area contributed by atoms with Gasteiger partial charge < -0.3 is 4.90 Å². The molecule has 1 heterocycles. The Bertz CT molecular complexity index is 860. The van der Waals surface area contributed by atoms with Crippen LogP contribution in [0.5, 0.6) is 0 Å². The van der Waals surface area contributed by atoms with Gasteiger partial charge in [-0.15, -0.1) is 0 Å². The molecule has 1 aliphatic rings. The van der Waals surface area contributed by atoms with Crippen molar-refractivity contribution in [2.24, 2.45) is 5.10 Å². The molecule has 0 aliphatic carbocycles. The lowest BCUT2D eigenvalue weighted by molar-refractivity contribution is 0.0951. The molecule has 0 saturated heterocycles. The number of nitrogens with zero attached hydrogens (tertiary/aromatic N) is 2. The van der Waals surface area contributed by atoms with Gasteiger partial charge in [0.2, 0.25) is 0 Å². The third-order valence-electron chi connectivity index (χ3n) is 5.16. The second kappa shape index (κ2) is 6.90. The number of hydrogen-bond donors (Lipinski definition) is 1. The van der Waals surface area contributed by atoms with E-state index in [1.165, 1.54) is 23.4 Å². The Labute approximate surface area is 153 Å². The van der Waals surface area contributed by atoms with Crippen LogP contribution in [0.15, 0.2) is 47.6 Å². The van der Waals surface area contributed by atoms with Crippen LogP contribution < -0.4 is 10.3 Å². The highest BCUT2D eigenvalue weighted by molar-refractivity contribution is 5.95. The molecule has 1 amide bonds. The SMILES string of the molecule is C[C@@H]1CC(C)(C)N(C)c2ccc(/C=N\NC(=O)c3ccccc3F)cc21. The lowest BCUT2D eigenvalue weighted by Crippen LogP contribution is -2.45. The van der Waals surface area contributed by atoms with Gasteiger partial charge in [0.1, 0.15) is 5.82 Å². The average molecular weight is 353 g/mol. The number of carbonyl (C=O) groups is 1. The second-order valence-electron chi connectivity index (χ2n) is 7.47. The highest BCUT2D eigenvalue weighted by atomic mass is 19.1. The van der Waals surface area contributed by atoms with E-state index >= 15 is 0 Å². The number of nitrogens with one attached hydrogen (secondary N) is 1. The quantitative estimate of drug-likeness (QED) is 0.660. The van der Waals surface area contributed by atoms with E-state index in [-0.39, 0.29) is 11.1 Å². The zero-order chi connectivity index (χ0) is 18.9. The van der Waals surface area contributed by atoms with Crippen molar-refractivity contribution < 1.29 is 9.18 Å². The smallest absolute Gasteiger partial charge is 0.274 e. The Balaban J connectivity index is 1.76. The number of rotatable bonds is 3.